The lowest BCUT2D eigenvalue weighted by atomic mass is 10.1. The third-order valence-corrected chi connectivity index (χ3v) is 7.90. The van der Waals surface area contributed by atoms with Crippen LogP contribution in [0.3, 0.4) is 0 Å². The molecule has 6 nitrogen and oxygen atoms in total. The Bertz CT molecular complexity index is 972. The van der Waals surface area contributed by atoms with Crippen molar-refractivity contribution in [3.05, 3.63) is 60.2 Å². The van der Waals surface area contributed by atoms with Crippen LogP contribution in [-0.4, -0.2) is 51.4 Å². The van der Waals surface area contributed by atoms with Gasteiger partial charge in [-0.1, -0.05) is 30.7 Å². The molecule has 0 spiro atoms. The lowest BCUT2D eigenvalue weighted by Gasteiger charge is -2.26. The first-order chi connectivity index (χ1) is 14.5. The van der Waals surface area contributed by atoms with Crippen molar-refractivity contribution in [2.24, 2.45) is 5.92 Å². The second kappa shape index (κ2) is 9.18. The van der Waals surface area contributed by atoms with E-state index in [1.54, 1.807) is 18.2 Å². The summed E-state index contributed by atoms with van der Waals surface area (Å²) in [5.41, 5.74) is 1.60. The number of piperidine rings is 1. The van der Waals surface area contributed by atoms with E-state index in [0.29, 0.717) is 31.1 Å². The average Bonchev–Trinajstić information content (AvgIpc) is 3.28. The van der Waals surface area contributed by atoms with E-state index in [4.69, 9.17) is 0 Å². The molecule has 1 N–H and O–H groups in total. The van der Waals surface area contributed by atoms with Gasteiger partial charge in [0.1, 0.15) is 0 Å². The van der Waals surface area contributed by atoms with Gasteiger partial charge in [-0.05, 0) is 55.5 Å². The summed E-state index contributed by atoms with van der Waals surface area (Å²) in [6, 6.07) is 16.7. The van der Waals surface area contributed by atoms with E-state index in [-0.39, 0.29) is 10.8 Å². The van der Waals surface area contributed by atoms with Gasteiger partial charge < -0.3 is 10.2 Å². The van der Waals surface area contributed by atoms with Crippen LogP contribution in [0.2, 0.25) is 0 Å². The molecule has 1 amide bonds. The van der Waals surface area contributed by atoms with Gasteiger partial charge in [-0.3, -0.25) is 4.79 Å². The summed E-state index contributed by atoms with van der Waals surface area (Å²) < 4.78 is 27.3. The van der Waals surface area contributed by atoms with E-state index in [9.17, 15) is 13.2 Å². The van der Waals surface area contributed by atoms with Gasteiger partial charge in [-0.15, -0.1) is 0 Å². The minimum absolute atomic E-state index is 0.202. The number of anilines is 1. The van der Waals surface area contributed by atoms with Crippen molar-refractivity contribution >= 4 is 21.6 Å². The van der Waals surface area contributed by atoms with E-state index < -0.39 is 10.0 Å². The summed E-state index contributed by atoms with van der Waals surface area (Å²) in [6.45, 7) is 3.59. The van der Waals surface area contributed by atoms with Crippen LogP contribution < -0.4 is 10.2 Å². The van der Waals surface area contributed by atoms with Crippen LogP contribution in [0.4, 0.5) is 5.69 Å². The third-order valence-electron chi connectivity index (χ3n) is 6.01. The van der Waals surface area contributed by atoms with Gasteiger partial charge in [0.2, 0.25) is 10.0 Å². The molecule has 2 aromatic rings. The number of hydrogen-bond donors (Lipinski definition) is 1. The Balaban J connectivity index is 1.36. The molecule has 7 heteroatoms. The van der Waals surface area contributed by atoms with Gasteiger partial charge in [0, 0.05) is 44.0 Å². The standard InChI is InChI=1S/C23H29N3O3S/c27-23(24-17-19-12-15-25(18-19)21-9-3-1-4-10-21)20-8-7-11-22(16-20)30(28,29)26-13-5-2-6-14-26/h1,3-4,7-11,16,19H,2,5-6,12-15,17-18H2,(H,24,27). The highest BCUT2D eigenvalue weighted by Crippen LogP contribution is 2.24. The summed E-state index contributed by atoms with van der Waals surface area (Å²) >= 11 is 0. The van der Waals surface area contributed by atoms with Crippen molar-refractivity contribution in [3.8, 4) is 0 Å². The van der Waals surface area contributed by atoms with Crippen LogP contribution in [0.15, 0.2) is 59.5 Å². The number of benzene rings is 2. The molecular formula is C23H29N3O3S. The van der Waals surface area contributed by atoms with Gasteiger partial charge in [0.25, 0.3) is 5.91 Å². The zero-order valence-corrected chi connectivity index (χ0v) is 18.0. The second-order valence-corrected chi connectivity index (χ2v) is 10.1. The number of para-hydroxylation sites is 1. The molecule has 0 saturated carbocycles. The highest BCUT2D eigenvalue weighted by molar-refractivity contribution is 7.89. The zero-order valence-electron chi connectivity index (χ0n) is 17.2. The van der Waals surface area contributed by atoms with Crippen LogP contribution in [0, 0.1) is 5.92 Å². The topological polar surface area (TPSA) is 69.7 Å². The molecule has 2 aliphatic rings. The van der Waals surface area contributed by atoms with Crippen molar-refractivity contribution in [3.63, 3.8) is 0 Å². The van der Waals surface area contributed by atoms with Crippen LogP contribution in [0.1, 0.15) is 36.0 Å². The Morgan fingerprint density at radius 1 is 0.967 bits per heavy atom. The smallest absolute Gasteiger partial charge is 0.251 e. The van der Waals surface area contributed by atoms with Crippen molar-refractivity contribution < 1.29 is 13.2 Å². The quantitative estimate of drug-likeness (QED) is 0.769. The monoisotopic (exact) mass is 427 g/mol. The van der Waals surface area contributed by atoms with E-state index in [2.05, 4.69) is 22.3 Å². The lowest BCUT2D eigenvalue weighted by molar-refractivity contribution is 0.0948. The highest BCUT2D eigenvalue weighted by atomic mass is 32.2. The van der Waals surface area contributed by atoms with Gasteiger partial charge in [0.15, 0.2) is 0 Å². The van der Waals surface area contributed by atoms with E-state index in [0.717, 1.165) is 38.8 Å². The second-order valence-electron chi connectivity index (χ2n) is 8.14. The molecule has 0 bridgehead atoms. The number of carbonyl (C=O) groups excluding carboxylic acids is 1. The fourth-order valence-corrected chi connectivity index (χ4v) is 5.83. The molecule has 0 aliphatic carbocycles. The average molecular weight is 428 g/mol. The maximum Gasteiger partial charge on any atom is 0.251 e. The summed E-state index contributed by atoms with van der Waals surface area (Å²) in [5.74, 6) is 0.165. The van der Waals surface area contributed by atoms with Gasteiger partial charge >= 0.3 is 0 Å². The molecule has 1 atom stereocenters. The Hall–Kier alpha value is -2.38. The van der Waals surface area contributed by atoms with E-state index in [1.807, 2.05) is 18.2 Å². The minimum atomic E-state index is -3.54. The Labute approximate surface area is 178 Å². The molecule has 4 rings (SSSR count). The molecule has 2 heterocycles. The van der Waals surface area contributed by atoms with Gasteiger partial charge in [-0.25, -0.2) is 8.42 Å². The molecule has 0 radical (unpaired) electrons. The number of carbonyl (C=O) groups is 1. The molecule has 160 valence electrons. The Kier molecular flexibility index (Phi) is 6.39. The molecule has 2 aliphatic heterocycles. The molecule has 1 unspecified atom stereocenters. The molecule has 30 heavy (non-hydrogen) atoms. The summed E-state index contributed by atoms with van der Waals surface area (Å²) in [4.78, 5) is 15.2. The maximum atomic E-state index is 12.9. The molecule has 2 aromatic carbocycles. The minimum Gasteiger partial charge on any atom is -0.371 e. The molecule has 2 saturated heterocycles. The number of nitrogens with zero attached hydrogens (tertiary/aromatic N) is 2. The predicted octanol–water partition coefficient (Wildman–Crippen LogP) is 3.12. The number of nitrogens with one attached hydrogen (secondary N) is 1. The Morgan fingerprint density at radius 3 is 2.50 bits per heavy atom. The molecule has 2 fully saturated rings. The fraction of sp³-hybridized carbons (Fsp3) is 0.435. The van der Waals surface area contributed by atoms with Crippen molar-refractivity contribution in [1.29, 1.82) is 0 Å². The molecule has 0 aromatic heterocycles. The number of hydrogen-bond acceptors (Lipinski definition) is 4. The SMILES string of the molecule is O=C(NCC1CCN(c2ccccc2)C1)c1cccc(S(=O)(=O)N2CCCCC2)c1. The summed E-state index contributed by atoms with van der Waals surface area (Å²) in [5, 5.41) is 3.00. The largest absolute Gasteiger partial charge is 0.371 e. The normalized spacial score (nSPS) is 20.3. The lowest BCUT2D eigenvalue weighted by Crippen LogP contribution is -2.36. The third kappa shape index (κ3) is 4.68. The first-order valence-electron chi connectivity index (χ1n) is 10.7. The van der Waals surface area contributed by atoms with Crippen molar-refractivity contribution in [2.45, 2.75) is 30.6 Å². The molecular weight excluding hydrogens is 398 g/mol. The first kappa shape index (κ1) is 20.9. The summed E-state index contributed by atoms with van der Waals surface area (Å²) in [7, 11) is -3.54. The first-order valence-corrected chi connectivity index (χ1v) is 12.2. The van der Waals surface area contributed by atoms with Crippen LogP contribution >= 0.6 is 0 Å². The van der Waals surface area contributed by atoms with Crippen LogP contribution in [-0.2, 0) is 10.0 Å². The van der Waals surface area contributed by atoms with Gasteiger partial charge in [0.05, 0.1) is 4.90 Å². The summed E-state index contributed by atoms with van der Waals surface area (Å²) in [6.07, 6.45) is 3.87. The highest BCUT2D eigenvalue weighted by Gasteiger charge is 2.27. The number of amides is 1. The Morgan fingerprint density at radius 2 is 1.73 bits per heavy atom. The van der Waals surface area contributed by atoms with Crippen LogP contribution in [0.25, 0.3) is 0 Å². The zero-order chi connectivity index (χ0) is 21.0. The van der Waals surface area contributed by atoms with Crippen molar-refractivity contribution in [1.82, 2.24) is 9.62 Å². The fourth-order valence-electron chi connectivity index (χ4n) is 4.26. The number of rotatable bonds is 6. The number of sulfonamides is 1. The maximum absolute atomic E-state index is 12.9. The van der Waals surface area contributed by atoms with Gasteiger partial charge in [-0.2, -0.15) is 4.31 Å². The van der Waals surface area contributed by atoms with Crippen molar-refractivity contribution in [2.75, 3.05) is 37.6 Å². The van der Waals surface area contributed by atoms with E-state index in [1.165, 1.54) is 16.1 Å². The van der Waals surface area contributed by atoms with E-state index >= 15 is 0 Å². The predicted molar refractivity (Wildman–Crippen MR) is 118 cm³/mol. The van der Waals surface area contributed by atoms with Crippen LogP contribution in [0.5, 0.6) is 0 Å².